The molecular weight excluding hydrogens is 492 g/mol. The summed E-state index contributed by atoms with van der Waals surface area (Å²) >= 11 is 0. The van der Waals surface area contributed by atoms with Crippen molar-refractivity contribution in [2.45, 2.75) is 33.1 Å². The minimum absolute atomic E-state index is 0.133. The monoisotopic (exact) mass is 530 g/mol. The molecule has 2 amide bonds. The molecule has 39 heavy (non-hydrogen) atoms. The Hall–Kier alpha value is -4.26. The van der Waals surface area contributed by atoms with E-state index in [4.69, 9.17) is 14.2 Å². The molecule has 206 valence electrons. The SMILES string of the molecule is CCCCOc1cc(/C=C(\OCC)C(=O)OC)ccc1-c1cccc(N(C)C(=O)NCCc2ccccc2)c1. The van der Waals surface area contributed by atoms with Crippen molar-refractivity contribution in [2.75, 3.05) is 38.8 Å². The molecule has 0 saturated carbocycles. The maximum atomic E-state index is 12.8. The van der Waals surface area contributed by atoms with E-state index in [1.807, 2.05) is 79.7 Å². The lowest BCUT2D eigenvalue weighted by atomic mass is 10.0. The van der Waals surface area contributed by atoms with Crippen molar-refractivity contribution in [3.8, 4) is 16.9 Å². The number of ether oxygens (including phenoxy) is 3. The smallest absolute Gasteiger partial charge is 0.373 e. The van der Waals surface area contributed by atoms with Crippen LogP contribution in [0, 0.1) is 0 Å². The normalized spacial score (nSPS) is 11.0. The molecule has 0 bridgehead atoms. The van der Waals surface area contributed by atoms with Gasteiger partial charge in [-0.25, -0.2) is 9.59 Å². The molecule has 0 fully saturated rings. The van der Waals surface area contributed by atoms with Gasteiger partial charge in [0.2, 0.25) is 5.76 Å². The zero-order valence-corrected chi connectivity index (χ0v) is 23.2. The van der Waals surface area contributed by atoms with E-state index in [9.17, 15) is 9.59 Å². The Bertz CT molecular complexity index is 1260. The molecule has 3 aromatic rings. The largest absolute Gasteiger partial charge is 0.493 e. The highest BCUT2D eigenvalue weighted by atomic mass is 16.6. The van der Waals surface area contributed by atoms with E-state index in [0.717, 1.165) is 41.6 Å². The number of nitrogens with one attached hydrogen (secondary N) is 1. The van der Waals surface area contributed by atoms with Crippen LogP contribution in [-0.4, -0.2) is 45.9 Å². The van der Waals surface area contributed by atoms with Crippen LogP contribution in [0.1, 0.15) is 37.8 Å². The molecule has 1 N–H and O–H groups in total. The van der Waals surface area contributed by atoms with E-state index in [0.29, 0.717) is 25.5 Å². The summed E-state index contributed by atoms with van der Waals surface area (Å²) in [6.07, 6.45) is 4.33. The maximum Gasteiger partial charge on any atom is 0.373 e. The van der Waals surface area contributed by atoms with Crippen LogP contribution >= 0.6 is 0 Å². The minimum atomic E-state index is -0.535. The molecule has 0 saturated heterocycles. The fourth-order valence-corrected chi connectivity index (χ4v) is 3.96. The first-order valence-electron chi connectivity index (χ1n) is 13.3. The van der Waals surface area contributed by atoms with Crippen LogP contribution in [0.15, 0.2) is 78.6 Å². The van der Waals surface area contributed by atoms with E-state index in [-0.39, 0.29) is 11.8 Å². The Labute approximate surface area is 231 Å². The molecule has 7 heteroatoms. The quantitative estimate of drug-likeness (QED) is 0.119. The van der Waals surface area contributed by atoms with Crippen LogP contribution in [0.3, 0.4) is 0 Å². The summed E-state index contributed by atoms with van der Waals surface area (Å²) in [5, 5.41) is 2.99. The second-order valence-electron chi connectivity index (χ2n) is 8.97. The van der Waals surface area contributed by atoms with Gasteiger partial charge in [0.05, 0.1) is 20.3 Å². The van der Waals surface area contributed by atoms with Crippen molar-refractivity contribution in [1.82, 2.24) is 5.32 Å². The zero-order valence-electron chi connectivity index (χ0n) is 23.2. The molecular formula is C32H38N2O5. The third kappa shape index (κ3) is 8.64. The number of unbranched alkanes of at least 4 members (excludes halogenated alkanes) is 1. The summed E-state index contributed by atoms with van der Waals surface area (Å²) in [6.45, 7) is 5.38. The zero-order chi connectivity index (χ0) is 28.0. The van der Waals surface area contributed by atoms with Crippen molar-refractivity contribution in [3.05, 3.63) is 89.7 Å². The van der Waals surface area contributed by atoms with Crippen LogP contribution in [0.4, 0.5) is 10.5 Å². The number of anilines is 1. The number of nitrogens with zero attached hydrogens (tertiary/aromatic N) is 1. The van der Waals surface area contributed by atoms with Gasteiger partial charge in [-0.05, 0) is 60.7 Å². The van der Waals surface area contributed by atoms with E-state index >= 15 is 0 Å². The van der Waals surface area contributed by atoms with Gasteiger partial charge < -0.3 is 19.5 Å². The summed E-state index contributed by atoms with van der Waals surface area (Å²) in [7, 11) is 3.08. The summed E-state index contributed by atoms with van der Waals surface area (Å²) in [6, 6.07) is 23.4. The molecule has 0 unspecified atom stereocenters. The highest BCUT2D eigenvalue weighted by Gasteiger charge is 2.15. The van der Waals surface area contributed by atoms with Gasteiger partial charge in [0.15, 0.2) is 0 Å². The molecule has 0 aliphatic heterocycles. The Morgan fingerprint density at radius 3 is 2.49 bits per heavy atom. The predicted octanol–water partition coefficient (Wildman–Crippen LogP) is 6.47. The second kappa shape index (κ2) is 15.2. The number of amides is 2. The Balaban J connectivity index is 1.82. The molecule has 7 nitrogen and oxygen atoms in total. The number of esters is 1. The summed E-state index contributed by atoms with van der Waals surface area (Å²) in [4.78, 5) is 26.5. The maximum absolute atomic E-state index is 12.8. The fraction of sp³-hybridized carbons (Fsp3) is 0.312. The molecule has 0 heterocycles. The molecule has 0 aromatic heterocycles. The van der Waals surface area contributed by atoms with Crippen molar-refractivity contribution in [2.24, 2.45) is 0 Å². The number of hydrogen-bond acceptors (Lipinski definition) is 5. The van der Waals surface area contributed by atoms with Crippen molar-refractivity contribution < 1.29 is 23.8 Å². The number of methoxy groups -OCH3 is 1. The first kappa shape index (κ1) is 29.3. The molecule has 0 atom stereocenters. The number of rotatable bonds is 13. The Morgan fingerprint density at radius 1 is 0.974 bits per heavy atom. The third-order valence-electron chi connectivity index (χ3n) is 6.13. The van der Waals surface area contributed by atoms with Gasteiger partial charge in [0, 0.05) is 24.8 Å². The van der Waals surface area contributed by atoms with E-state index in [1.165, 1.54) is 12.7 Å². The highest BCUT2D eigenvalue weighted by Crippen LogP contribution is 2.34. The highest BCUT2D eigenvalue weighted by molar-refractivity contribution is 5.93. The summed E-state index contributed by atoms with van der Waals surface area (Å²) in [5.74, 6) is 0.284. The Kier molecular flexibility index (Phi) is 11.4. The average Bonchev–Trinajstić information content (AvgIpc) is 2.97. The van der Waals surface area contributed by atoms with Gasteiger partial charge in [-0.2, -0.15) is 0 Å². The van der Waals surface area contributed by atoms with E-state index in [1.54, 1.807) is 18.0 Å². The predicted molar refractivity (Wildman–Crippen MR) is 156 cm³/mol. The van der Waals surface area contributed by atoms with Crippen molar-refractivity contribution >= 4 is 23.8 Å². The molecule has 0 spiro atoms. The number of benzene rings is 3. The van der Waals surface area contributed by atoms with Gasteiger partial charge in [-0.3, -0.25) is 4.90 Å². The lowest BCUT2D eigenvalue weighted by Crippen LogP contribution is -2.38. The molecule has 0 radical (unpaired) electrons. The van der Waals surface area contributed by atoms with Gasteiger partial charge in [-0.15, -0.1) is 0 Å². The van der Waals surface area contributed by atoms with Crippen molar-refractivity contribution in [3.63, 3.8) is 0 Å². The van der Waals surface area contributed by atoms with Crippen LogP contribution in [0.5, 0.6) is 5.75 Å². The fourth-order valence-electron chi connectivity index (χ4n) is 3.96. The van der Waals surface area contributed by atoms with E-state index < -0.39 is 5.97 Å². The Morgan fingerprint density at radius 2 is 1.77 bits per heavy atom. The van der Waals surface area contributed by atoms with Gasteiger partial charge in [0.1, 0.15) is 5.75 Å². The molecule has 3 rings (SSSR count). The lowest BCUT2D eigenvalue weighted by molar-refractivity contribution is -0.139. The van der Waals surface area contributed by atoms with Crippen LogP contribution < -0.4 is 15.0 Å². The first-order valence-corrected chi connectivity index (χ1v) is 13.3. The summed E-state index contributed by atoms with van der Waals surface area (Å²) < 4.78 is 16.5. The van der Waals surface area contributed by atoms with Gasteiger partial charge in [0.25, 0.3) is 0 Å². The van der Waals surface area contributed by atoms with Gasteiger partial charge >= 0.3 is 12.0 Å². The van der Waals surface area contributed by atoms with Gasteiger partial charge in [-0.1, -0.05) is 67.9 Å². The van der Waals surface area contributed by atoms with Crippen LogP contribution in [0.2, 0.25) is 0 Å². The number of urea groups is 1. The standard InChI is InChI=1S/C32H38N2O5/c1-5-7-20-39-29-21-25(22-30(38-6-2)31(35)37-4)16-17-28(29)26-14-11-15-27(23-26)34(3)32(36)33-19-18-24-12-9-8-10-13-24/h8-17,21-23H,5-7,18-20H2,1-4H3,(H,33,36)/b30-22-. The molecule has 3 aromatic carbocycles. The average molecular weight is 531 g/mol. The topological polar surface area (TPSA) is 77.1 Å². The van der Waals surface area contributed by atoms with Crippen molar-refractivity contribution in [1.29, 1.82) is 0 Å². The number of hydrogen-bond donors (Lipinski definition) is 1. The lowest BCUT2D eigenvalue weighted by Gasteiger charge is -2.20. The number of carbonyl (C=O) groups is 2. The second-order valence-corrected chi connectivity index (χ2v) is 8.97. The molecule has 0 aliphatic carbocycles. The molecule has 0 aliphatic rings. The number of carbonyl (C=O) groups excluding carboxylic acids is 2. The summed E-state index contributed by atoms with van der Waals surface area (Å²) in [5.41, 5.74) is 4.49. The minimum Gasteiger partial charge on any atom is -0.493 e. The van der Waals surface area contributed by atoms with Crippen LogP contribution in [-0.2, 0) is 20.7 Å². The first-order chi connectivity index (χ1) is 19.0. The van der Waals surface area contributed by atoms with Crippen LogP contribution in [0.25, 0.3) is 17.2 Å². The third-order valence-corrected chi connectivity index (χ3v) is 6.13. The van der Waals surface area contributed by atoms with E-state index in [2.05, 4.69) is 12.2 Å².